The molecule has 32 heavy (non-hydrogen) atoms. The average Bonchev–Trinajstić information content (AvgIpc) is 3.51. The number of hydrogen-bond donors (Lipinski definition) is 3. The number of carbonyl (C=O) groups excluding carboxylic acids is 1. The minimum Gasteiger partial charge on any atom is -0.504 e. The predicted octanol–water partition coefficient (Wildman–Crippen LogP) is 4.20. The van der Waals surface area contributed by atoms with E-state index >= 15 is 0 Å². The number of rotatable bonds is 4. The van der Waals surface area contributed by atoms with Gasteiger partial charge in [-0.2, -0.15) is 0 Å². The zero-order valence-corrected chi connectivity index (χ0v) is 17.7. The third-order valence-corrected chi connectivity index (χ3v) is 5.90. The van der Waals surface area contributed by atoms with Crippen molar-refractivity contribution in [2.24, 2.45) is 0 Å². The van der Waals surface area contributed by atoms with E-state index in [-0.39, 0.29) is 29.1 Å². The molecule has 1 amide bonds. The molecule has 0 aliphatic carbocycles. The molecular weight excluding hydrogens is 436 g/mol. The van der Waals surface area contributed by atoms with E-state index in [4.69, 9.17) is 25.6 Å². The highest BCUT2D eigenvalue weighted by Crippen LogP contribution is 2.42. The van der Waals surface area contributed by atoms with Gasteiger partial charge in [0.25, 0.3) is 11.8 Å². The lowest BCUT2D eigenvalue weighted by Crippen LogP contribution is -2.05. The van der Waals surface area contributed by atoms with Crippen LogP contribution in [0.2, 0.25) is 5.02 Å². The first-order chi connectivity index (χ1) is 15.4. The molecule has 1 aromatic heterocycles. The van der Waals surface area contributed by atoms with Crippen LogP contribution in [0.15, 0.2) is 47.0 Å². The van der Waals surface area contributed by atoms with Crippen LogP contribution in [0.5, 0.6) is 5.88 Å². The molecule has 2 atom stereocenters. The summed E-state index contributed by atoms with van der Waals surface area (Å²) in [6.07, 6.45) is -0.0214. The number of ether oxygens (including phenoxy) is 2. The molecule has 2 aliphatic heterocycles. The van der Waals surface area contributed by atoms with E-state index in [0.717, 1.165) is 11.1 Å². The number of benzene rings is 2. The molecule has 0 unspecified atom stereocenters. The summed E-state index contributed by atoms with van der Waals surface area (Å²) in [6.45, 7) is 0.333. The molecule has 9 heteroatoms. The lowest BCUT2D eigenvalue weighted by Gasteiger charge is -2.12. The number of carbonyl (C=O) groups is 1. The largest absolute Gasteiger partial charge is 0.504 e. The van der Waals surface area contributed by atoms with Crippen molar-refractivity contribution in [2.45, 2.75) is 18.6 Å². The predicted molar refractivity (Wildman–Crippen MR) is 117 cm³/mol. The van der Waals surface area contributed by atoms with Crippen molar-refractivity contribution in [2.75, 3.05) is 19.0 Å². The Morgan fingerprint density at radius 3 is 2.66 bits per heavy atom. The minimum absolute atomic E-state index is 0.0134. The number of anilines is 1. The number of methoxy groups -OCH3 is 1. The van der Waals surface area contributed by atoms with Gasteiger partial charge in [-0.25, -0.2) is 0 Å². The van der Waals surface area contributed by atoms with Crippen LogP contribution in [-0.4, -0.2) is 41.1 Å². The molecule has 0 radical (unpaired) electrons. The highest BCUT2D eigenvalue weighted by molar-refractivity contribution is 6.38. The van der Waals surface area contributed by atoms with Crippen LogP contribution in [0, 0.1) is 0 Å². The van der Waals surface area contributed by atoms with E-state index in [9.17, 15) is 15.0 Å². The lowest BCUT2D eigenvalue weighted by molar-refractivity contribution is -0.110. The number of aliphatic hydroxyl groups excluding tert-OH is 2. The first kappa shape index (κ1) is 20.6. The third kappa shape index (κ3) is 3.52. The number of fused-ring (bicyclic) bond motifs is 1. The summed E-state index contributed by atoms with van der Waals surface area (Å²) in [7, 11) is 1.42. The highest BCUT2D eigenvalue weighted by atomic mass is 35.5. The number of nitrogens with zero attached hydrogens (tertiary/aromatic N) is 1. The van der Waals surface area contributed by atoms with Crippen molar-refractivity contribution in [3.05, 3.63) is 64.4 Å². The molecule has 0 saturated carbocycles. The third-order valence-electron chi connectivity index (χ3n) is 5.59. The Hall–Kier alpha value is -3.33. The van der Waals surface area contributed by atoms with Crippen LogP contribution in [0.25, 0.3) is 22.5 Å². The number of nitrogens with one attached hydrogen (secondary N) is 1. The van der Waals surface area contributed by atoms with Gasteiger partial charge in [-0.15, -0.1) is 0 Å². The van der Waals surface area contributed by atoms with E-state index in [1.165, 1.54) is 13.2 Å². The summed E-state index contributed by atoms with van der Waals surface area (Å²) in [5.74, 6) is -0.633. The van der Waals surface area contributed by atoms with Crippen molar-refractivity contribution in [1.82, 2.24) is 5.16 Å². The van der Waals surface area contributed by atoms with Gasteiger partial charge in [-0.05, 0) is 28.4 Å². The minimum atomic E-state index is -0.478. The van der Waals surface area contributed by atoms with Gasteiger partial charge < -0.3 is 29.5 Å². The average molecular weight is 455 g/mol. The molecule has 8 nitrogen and oxygen atoms in total. The van der Waals surface area contributed by atoms with E-state index in [2.05, 4.69) is 10.5 Å². The fourth-order valence-corrected chi connectivity index (χ4v) is 4.23. The fraction of sp³-hybridized carbons (Fsp3) is 0.217. The number of amides is 1. The Morgan fingerprint density at radius 2 is 2.00 bits per heavy atom. The smallest absolute Gasteiger partial charge is 0.260 e. The molecule has 164 valence electrons. The normalized spacial score (nSPS) is 21.4. The molecule has 3 aromatic rings. The maximum Gasteiger partial charge on any atom is 0.260 e. The first-order valence-corrected chi connectivity index (χ1v) is 10.3. The van der Waals surface area contributed by atoms with Gasteiger partial charge in [-0.1, -0.05) is 35.9 Å². The topological polar surface area (TPSA) is 114 Å². The van der Waals surface area contributed by atoms with Crippen LogP contribution in [0.1, 0.15) is 29.4 Å². The van der Waals surface area contributed by atoms with Gasteiger partial charge in [0, 0.05) is 17.5 Å². The number of aliphatic hydroxyl groups is 2. The molecule has 2 aromatic carbocycles. The van der Waals surface area contributed by atoms with Crippen LogP contribution < -0.4 is 10.1 Å². The Labute approximate surface area is 188 Å². The standard InChI is InChI=1S/C23H19ClN2O6/c1-30-20-9-19(32-26-20)22(28)21-15-7-14(16(24)8-17(15)25-23(21)29)11-2-4-12(5-3-11)18-6-13(27)10-31-18/h2-5,7-9,13,18,27-28H,6,10H2,1H3,(H,25,29)/b22-21+/t13-,18+/m0/s1. The van der Waals surface area contributed by atoms with Crippen LogP contribution in [0.4, 0.5) is 5.69 Å². The first-order valence-electron chi connectivity index (χ1n) is 9.94. The van der Waals surface area contributed by atoms with E-state index < -0.39 is 12.0 Å². The van der Waals surface area contributed by atoms with Gasteiger partial charge >= 0.3 is 0 Å². The molecule has 2 aliphatic rings. The van der Waals surface area contributed by atoms with Crippen LogP contribution in [-0.2, 0) is 9.53 Å². The fourth-order valence-electron chi connectivity index (χ4n) is 3.96. The van der Waals surface area contributed by atoms with Crippen molar-refractivity contribution >= 4 is 34.5 Å². The zero-order valence-electron chi connectivity index (χ0n) is 17.0. The molecule has 1 fully saturated rings. The zero-order chi connectivity index (χ0) is 22.4. The molecule has 3 heterocycles. The second kappa shape index (κ2) is 7.98. The number of hydrogen-bond acceptors (Lipinski definition) is 7. The molecule has 1 saturated heterocycles. The monoisotopic (exact) mass is 454 g/mol. The summed E-state index contributed by atoms with van der Waals surface area (Å²) in [6, 6.07) is 12.5. The van der Waals surface area contributed by atoms with Gasteiger partial charge in [0.1, 0.15) is 0 Å². The van der Waals surface area contributed by atoms with Crippen LogP contribution in [0.3, 0.4) is 0 Å². The quantitative estimate of drug-likeness (QED) is 0.399. The van der Waals surface area contributed by atoms with Gasteiger partial charge in [0.05, 0.1) is 48.3 Å². The molecular formula is C23H19ClN2O6. The molecule has 0 spiro atoms. The summed E-state index contributed by atoms with van der Waals surface area (Å²) >= 11 is 6.51. The Kier molecular flexibility index (Phi) is 5.13. The van der Waals surface area contributed by atoms with Gasteiger partial charge in [-0.3, -0.25) is 4.79 Å². The van der Waals surface area contributed by atoms with Crippen LogP contribution >= 0.6 is 11.6 Å². The van der Waals surface area contributed by atoms with Gasteiger partial charge in [0.2, 0.25) is 5.76 Å². The molecule has 5 rings (SSSR count). The Balaban J connectivity index is 1.53. The lowest BCUT2D eigenvalue weighted by atomic mass is 9.96. The van der Waals surface area contributed by atoms with Crippen molar-refractivity contribution in [3.8, 4) is 17.0 Å². The summed E-state index contributed by atoms with van der Waals surface area (Å²) in [4.78, 5) is 12.6. The highest BCUT2D eigenvalue weighted by Gasteiger charge is 2.31. The Bertz CT molecular complexity index is 1230. The number of halogens is 1. The second-order valence-corrected chi connectivity index (χ2v) is 8.03. The summed E-state index contributed by atoms with van der Waals surface area (Å²) in [5, 5.41) is 27.2. The second-order valence-electron chi connectivity index (χ2n) is 7.62. The van der Waals surface area contributed by atoms with E-state index in [1.807, 2.05) is 24.3 Å². The van der Waals surface area contributed by atoms with E-state index in [0.29, 0.717) is 34.9 Å². The van der Waals surface area contributed by atoms with E-state index in [1.54, 1.807) is 12.1 Å². The Morgan fingerprint density at radius 1 is 1.22 bits per heavy atom. The maximum atomic E-state index is 12.6. The maximum absolute atomic E-state index is 12.6. The van der Waals surface area contributed by atoms with Crippen molar-refractivity contribution in [1.29, 1.82) is 0 Å². The molecule has 0 bridgehead atoms. The number of aromatic nitrogens is 1. The SMILES string of the molecule is COc1cc(/C(O)=C2\C(=O)Nc3cc(Cl)c(-c4ccc([C@H]5C[C@H](O)CO5)cc4)cc32)on1. The van der Waals surface area contributed by atoms with Crippen molar-refractivity contribution < 1.29 is 29.0 Å². The summed E-state index contributed by atoms with van der Waals surface area (Å²) in [5.41, 5.74) is 3.54. The van der Waals surface area contributed by atoms with Crippen molar-refractivity contribution in [3.63, 3.8) is 0 Å². The van der Waals surface area contributed by atoms with Gasteiger partial charge in [0.15, 0.2) is 5.76 Å². The molecule has 3 N–H and O–H groups in total. The summed E-state index contributed by atoms with van der Waals surface area (Å²) < 4.78 is 15.7.